The Bertz CT molecular complexity index is 634. The highest BCUT2D eigenvalue weighted by molar-refractivity contribution is 5.89. The van der Waals surface area contributed by atoms with Gasteiger partial charge in [0.1, 0.15) is 0 Å². The van der Waals surface area contributed by atoms with Gasteiger partial charge in [0.25, 0.3) is 0 Å². The Balaban J connectivity index is 2.31. The van der Waals surface area contributed by atoms with Crippen LogP contribution in [0.4, 0.5) is 0 Å². The van der Waals surface area contributed by atoms with E-state index in [2.05, 4.69) is 20.2 Å². The second-order valence-corrected chi connectivity index (χ2v) is 6.96. The number of nitrogens with one attached hydrogen (secondary N) is 1. The minimum Gasteiger partial charge on any atom is -0.463 e. The summed E-state index contributed by atoms with van der Waals surface area (Å²) >= 11 is 0. The Morgan fingerprint density at radius 2 is 2.29 bits per heavy atom. The molecular formula is C18H29N5O5. The number of nitrogens with zero attached hydrogens (tertiary/aromatic N) is 4. The molecule has 1 amide bonds. The number of aliphatic hydroxyl groups excluding tert-OH is 1. The fraction of sp³-hybridized carbons (Fsp3) is 0.778. The van der Waals surface area contributed by atoms with E-state index in [0.29, 0.717) is 12.1 Å². The van der Waals surface area contributed by atoms with Gasteiger partial charge in [-0.15, -0.1) is 0 Å². The van der Waals surface area contributed by atoms with Gasteiger partial charge >= 0.3 is 5.97 Å². The smallest absolute Gasteiger partial charge is 0.333 e. The van der Waals surface area contributed by atoms with Gasteiger partial charge in [0.15, 0.2) is 0 Å². The van der Waals surface area contributed by atoms with Crippen molar-refractivity contribution in [3.63, 3.8) is 0 Å². The number of piperidine rings is 1. The van der Waals surface area contributed by atoms with Gasteiger partial charge in [-0.2, -0.15) is 0 Å². The molecule has 0 aromatic heterocycles. The highest BCUT2D eigenvalue weighted by atomic mass is 16.5. The van der Waals surface area contributed by atoms with Gasteiger partial charge in [0.05, 0.1) is 38.0 Å². The van der Waals surface area contributed by atoms with Crippen LogP contribution in [-0.2, 0) is 19.1 Å². The lowest BCUT2D eigenvalue weighted by molar-refractivity contribution is -0.138. The molecule has 0 saturated carbocycles. The number of azide groups is 1. The summed E-state index contributed by atoms with van der Waals surface area (Å²) in [6.45, 7) is 4.98. The molecule has 0 spiro atoms. The maximum atomic E-state index is 12.3. The molecule has 1 aliphatic heterocycles. The summed E-state index contributed by atoms with van der Waals surface area (Å²) in [7, 11) is 0. The Morgan fingerprint density at radius 1 is 1.50 bits per heavy atom. The molecule has 10 heteroatoms. The lowest BCUT2D eigenvalue weighted by atomic mass is 9.85. The van der Waals surface area contributed by atoms with Crippen LogP contribution >= 0.6 is 0 Å². The number of amides is 1. The van der Waals surface area contributed by atoms with Crippen molar-refractivity contribution in [2.75, 3.05) is 32.9 Å². The van der Waals surface area contributed by atoms with Gasteiger partial charge < -0.3 is 19.9 Å². The number of carbonyl (C=O) groups is 2. The van der Waals surface area contributed by atoms with Gasteiger partial charge in [0, 0.05) is 30.0 Å². The first-order valence-corrected chi connectivity index (χ1v) is 9.65. The number of rotatable bonds is 8. The Kier molecular flexibility index (Phi) is 8.72. The van der Waals surface area contributed by atoms with Crippen molar-refractivity contribution >= 4 is 11.9 Å². The third-order valence-corrected chi connectivity index (χ3v) is 4.97. The summed E-state index contributed by atoms with van der Waals surface area (Å²) < 4.78 is 10.8. The Hall–Kier alpha value is -2.13. The minimum atomic E-state index is -0.595. The monoisotopic (exact) mass is 395 g/mol. The molecule has 1 aliphatic carbocycles. The molecule has 1 unspecified atom stereocenters. The van der Waals surface area contributed by atoms with E-state index in [1.807, 2.05) is 6.08 Å². The molecular weight excluding hydrogens is 366 g/mol. The second-order valence-electron chi connectivity index (χ2n) is 6.96. The van der Waals surface area contributed by atoms with Crippen molar-refractivity contribution in [1.82, 2.24) is 10.2 Å². The third kappa shape index (κ3) is 5.93. The summed E-state index contributed by atoms with van der Waals surface area (Å²) in [5.41, 5.74) is 9.44. The molecule has 4 atom stereocenters. The maximum absolute atomic E-state index is 12.3. The molecule has 0 radical (unpaired) electrons. The predicted molar refractivity (Wildman–Crippen MR) is 101 cm³/mol. The van der Waals surface area contributed by atoms with Crippen LogP contribution in [0.5, 0.6) is 0 Å². The average molecular weight is 395 g/mol. The van der Waals surface area contributed by atoms with Crippen molar-refractivity contribution in [2.45, 2.75) is 57.3 Å². The van der Waals surface area contributed by atoms with Crippen molar-refractivity contribution in [1.29, 1.82) is 0 Å². The molecule has 0 aromatic carbocycles. The topological polar surface area (TPSA) is 137 Å². The van der Waals surface area contributed by atoms with Crippen LogP contribution in [0.1, 0.15) is 33.1 Å². The van der Waals surface area contributed by atoms with Gasteiger partial charge in [-0.05, 0) is 38.3 Å². The highest BCUT2D eigenvalue weighted by Gasteiger charge is 2.40. The first kappa shape index (κ1) is 22.2. The zero-order valence-electron chi connectivity index (χ0n) is 16.4. The lowest BCUT2D eigenvalue weighted by Gasteiger charge is -2.44. The fourth-order valence-electron chi connectivity index (χ4n) is 3.85. The second kappa shape index (κ2) is 11.0. The van der Waals surface area contributed by atoms with Crippen molar-refractivity contribution in [2.24, 2.45) is 5.11 Å². The standard InChI is InChI=1S/C18H29N5O5/c1-3-27-18(26)13-9-15(21-22-19)17(20-12(2)25)16(10-13)23-6-4-5-14(11-23)28-8-7-24/h10,14-17,24H,3-9,11H2,1-2H3,(H,20,25)/t14-,15?,16+,17+/m0/s1. The molecule has 2 N–H and O–H groups in total. The minimum absolute atomic E-state index is 0.0414. The largest absolute Gasteiger partial charge is 0.463 e. The van der Waals surface area contributed by atoms with E-state index in [0.717, 1.165) is 19.4 Å². The molecule has 0 aromatic rings. The molecule has 0 bridgehead atoms. The fourth-order valence-corrected chi connectivity index (χ4v) is 3.85. The highest BCUT2D eigenvalue weighted by Crippen LogP contribution is 2.29. The number of ether oxygens (including phenoxy) is 2. The van der Waals surface area contributed by atoms with E-state index in [-0.39, 0.29) is 44.3 Å². The molecule has 156 valence electrons. The molecule has 10 nitrogen and oxygen atoms in total. The van der Waals surface area contributed by atoms with Crippen LogP contribution < -0.4 is 5.32 Å². The molecule has 1 heterocycles. The van der Waals surface area contributed by atoms with Crippen molar-refractivity contribution < 1.29 is 24.2 Å². The summed E-state index contributed by atoms with van der Waals surface area (Å²) in [6, 6.07) is -1.38. The molecule has 1 fully saturated rings. The predicted octanol–water partition coefficient (Wildman–Crippen LogP) is 0.905. The van der Waals surface area contributed by atoms with E-state index >= 15 is 0 Å². The number of hydrogen-bond acceptors (Lipinski definition) is 7. The van der Waals surface area contributed by atoms with Crippen LogP contribution in [0.3, 0.4) is 0 Å². The van der Waals surface area contributed by atoms with E-state index in [1.165, 1.54) is 6.92 Å². The van der Waals surface area contributed by atoms with E-state index in [9.17, 15) is 9.59 Å². The van der Waals surface area contributed by atoms with Gasteiger partial charge in [-0.25, -0.2) is 4.79 Å². The van der Waals surface area contributed by atoms with E-state index < -0.39 is 18.1 Å². The molecule has 2 rings (SSSR count). The van der Waals surface area contributed by atoms with E-state index in [1.54, 1.807) is 6.92 Å². The Labute approximate surface area is 164 Å². The van der Waals surface area contributed by atoms with Crippen LogP contribution in [0, 0.1) is 0 Å². The molecule has 2 aliphatic rings. The van der Waals surface area contributed by atoms with Crippen molar-refractivity contribution in [3.05, 3.63) is 22.1 Å². The zero-order chi connectivity index (χ0) is 20.5. The molecule has 28 heavy (non-hydrogen) atoms. The SMILES string of the molecule is CCOC(=O)C1=C[C@@H](N2CCC[C@H](OCCO)C2)[C@H](NC(C)=O)C(N=[N+]=[N-])C1. The molecule has 1 saturated heterocycles. The maximum Gasteiger partial charge on any atom is 0.333 e. The van der Waals surface area contributed by atoms with Crippen LogP contribution in [0.2, 0.25) is 0 Å². The average Bonchev–Trinajstić information content (AvgIpc) is 2.67. The normalized spacial score (nSPS) is 28.0. The first-order valence-electron chi connectivity index (χ1n) is 9.65. The van der Waals surface area contributed by atoms with Gasteiger partial charge in [0.2, 0.25) is 5.91 Å². The van der Waals surface area contributed by atoms with E-state index in [4.69, 9.17) is 20.1 Å². The van der Waals surface area contributed by atoms with Gasteiger partial charge in [-0.1, -0.05) is 11.2 Å². The number of likely N-dealkylation sites (tertiary alicyclic amines) is 1. The summed E-state index contributed by atoms with van der Waals surface area (Å²) in [4.78, 5) is 29.2. The number of aliphatic hydroxyl groups is 1. The van der Waals surface area contributed by atoms with Crippen LogP contribution in [-0.4, -0.2) is 79.0 Å². The quantitative estimate of drug-likeness (QED) is 0.271. The number of esters is 1. The number of hydrogen-bond donors (Lipinski definition) is 2. The number of carbonyl (C=O) groups excluding carboxylic acids is 2. The first-order chi connectivity index (χ1) is 13.5. The summed E-state index contributed by atoms with van der Waals surface area (Å²) in [6.07, 6.45) is 3.74. The Morgan fingerprint density at radius 3 is 2.93 bits per heavy atom. The van der Waals surface area contributed by atoms with Crippen molar-refractivity contribution in [3.8, 4) is 0 Å². The van der Waals surface area contributed by atoms with Gasteiger partial charge in [-0.3, -0.25) is 9.69 Å². The lowest BCUT2D eigenvalue weighted by Crippen LogP contribution is -2.60. The van der Waals surface area contributed by atoms with Crippen LogP contribution in [0.15, 0.2) is 16.8 Å². The zero-order valence-corrected chi connectivity index (χ0v) is 16.4. The summed E-state index contributed by atoms with van der Waals surface area (Å²) in [5, 5.41) is 15.7. The van der Waals surface area contributed by atoms with Crippen LogP contribution in [0.25, 0.3) is 10.4 Å². The summed E-state index contributed by atoms with van der Waals surface area (Å²) in [5.74, 6) is -0.664. The third-order valence-electron chi connectivity index (χ3n) is 4.97.